The summed E-state index contributed by atoms with van der Waals surface area (Å²) in [7, 11) is 1.63. The van der Waals surface area contributed by atoms with Gasteiger partial charge in [-0.2, -0.15) is 0 Å². The number of ether oxygens (including phenoxy) is 1. The molecule has 15 heavy (non-hydrogen) atoms. The lowest BCUT2D eigenvalue weighted by molar-refractivity contribution is 0.415. The molecule has 1 aromatic heterocycles. The normalized spacial score (nSPS) is 10.9. The Morgan fingerprint density at radius 1 is 1.47 bits per heavy atom. The first-order chi connectivity index (χ1) is 7.26. The summed E-state index contributed by atoms with van der Waals surface area (Å²) >= 11 is 7.74. The lowest BCUT2D eigenvalue weighted by Crippen LogP contribution is -2.01. The summed E-state index contributed by atoms with van der Waals surface area (Å²) in [5, 5.41) is 3.99. The Kier molecular flexibility index (Phi) is 3.14. The number of fused-ring (bicyclic) bond motifs is 1. The molecule has 0 fully saturated rings. The van der Waals surface area contributed by atoms with Gasteiger partial charge in [-0.15, -0.1) is 11.3 Å². The van der Waals surface area contributed by atoms with Crippen LogP contribution in [0.25, 0.3) is 10.1 Å². The lowest BCUT2D eigenvalue weighted by Gasteiger charge is -2.03. The first kappa shape index (κ1) is 10.7. The number of rotatable bonds is 3. The SMILES string of the molecule is COc1cc2c(CCN)csc2cc1Cl. The average molecular weight is 242 g/mol. The third-order valence-electron chi connectivity index (χ3n) is 2.34. The first-order valence-electron chi connectivity index (χ1n) is 4.70. The van der Waals surface area contributed by atoms with Gasteiger partial charge in [-0.05, 0) is 41.4 Å². The van der Waals surface area contributed by atoms with E-state index in [4.69, 9.17) is 22.1 Å². The van der Waals surface area contributed by atoms with E-state index in [0.29, 0.717) is 11.6 Å². The quantitative estimate of drug-likeness (QED) is 0.897. The second kappa shape index (κ2) is 4.39. The minimum Gasteiger partial charge on any atom is -0.495 e. The predicted molar refractivity (Wildman–Crippen MR) is 66.1 cm³/mol. The van der Waals surface area contributed by atoms with Crippen LogP contribution in [0.15, 0.2) is 17.5 Å². The summed E-state index contributed by atoms with van der Waals surface area (Å²) < 4.78 is 6.38. The van der Waals surface area contributed by atoms with Crippen molar-refractivity contribution in [2.45, 2.75) is 6.42 Å². The highest BCUT2D eigenvalue weighted by molar-refractivity contribution is 7.17. The molecule has 2 aromatic rings. The van der Waals surface area contributed by atoms with Crippen molar-refractivity contribution in [1.82, 2.24) is 0 Å². The van der Waals surface area contributed by atoms with E-state index in [2.05, 4.69) is 5.38 Å². The fraction of sp³-hybridized carbons (Fsp3) is 0.273. The van der Waals surface area contributed by atoms with Crippen molar-refractivity contribution >= 4 is 33.0 Å². The number of methoxy groups -OCH3 is 1. The maximum absolute atomic E-state index is 6.05. The van der Waals surface area contributed by atoms with Crippen LogP contribution in [-0.2, 0) is 6.42 Å². The highest BCUT2D eigenvalue weighted by Crippen LogP contribution is 2.35. The molecule has 0 amide bonds. The minimum absolute atomic E-state index is 0.658. The summed E-state index contributed by atoms with van der Waals surface area (Å²) in [6.45, 7) is 0.663. The van der Waals surface area contributed by atoms with Gasteiger partial charge < -0.3 is 10.5 Å². The summed E-state index contributed by atoms with van der Waals surface area (Å²) in [5.41, 5.74) is 6.83. The number of hydrogen-bond donors (Lipinski definition) is 1. The van der Waals surface area contributed by atoms with Gasteiger partial charge in [0.25, 0.3) is 0 Å². The van der Waals surface area contributed by atoms with Crippen molar-refractivity contribution < 1.29 is 4.74 Å². The Hall–Kier alpha value is -0.770. The zero-order valence-corrected chi connectivity index (χ0v) is 9.99. The monoisotopic (exact) mass is 241 g/mol. The second-order valence-corrected chi connectivity index (χ2v) is 4.60. The Morgan fingerprint density at radius 3 is 2.93 bits per heavy atom. The molecule has 0 radical (unpaired) electrons. The van der Waals surface area contributed by atoms with E-state index in [0.717, 1.165) is 12.2 Å². The summed E-state index contributed by atoms with van der Waals surface area (Å²) in [6, 6.07) is 3.93. The number of nitrogens with two attached hydrogens (primary N) is 1. The summed E-state index contributed by atoms with van der Waals surface area (Å²) in [6.07, 6.45) is 0.894. The van der Waals surface area contributed by atoms with Gasteiger partial charge in [-0.3, -0.25) is 0 Å². The maximum Gasteiger partial charge on any atom is 0.138 e. The molecule has 0 saturated carbocycles. The van der Waals surface area contributed by atoms with Crippen molar-refractivity contribution in [2.75, 3.05) is 13.7 Å². The van der Waals surface area contributed by atoms with E-state index >= 15 is 0 Å². The highest BCUT2D eigenvalue weighted by atomic mass is 35.5. The van der Waals surface area contributed by atoms with Crippen LogP contribution in [0, 0.1) is 0 Å². The fourth-order valence-electron chi connectivity index (χ4n) is 1.59. The zero-order chi connectivity index (χ0) is 10.8. The molecular weight excluding hydrogens is 230 g/mol. The first-order valence-corrected chi connectivity index (χ1v) is 5.95. The molecule has 4 heteroatoms. The number of thiophene rings is 1. The molecule has 0 saturated heterocycles. The topological polar surface area (TPSA) is 35.2 Å². The van der Waals surface area contributed by atoms with Crippen molar-refractivity contribution in [3.8, 4) is 5.75 Å². The second-order valence-electron chi connectivity index (χ2n) is 3.28. The largest absolute Gasteiger partial charge is 0.495 e. The van der Waals surface area contributed by atoms with E-state index in [-0.39, 0.29) is 0 Å². The predicted octanol–water partition coefficient (Wildman–Crippen LogP) is 3.06. The minimum atomic E-state index is 0.658. The highest BCUT2D eigenvalue weighted by Gasteiger charge is 2.08. The van der Waals surface area contributed by atoms with Crippen LogP contribution in [0.1, 0.15) is 5.56 Å². The number of halogens is 1. The van der Waals surface area contributed by atoms with E-state index in [9.17, 15) is 0 Å². The van der Waals surface area contributed by atoms with Crippen molar-refractivity contribution in [2.24, 2.45) is 5.73 Å². The van der Waals surface area contributed by atoms with Gasteiger partial charge in [-0.25, -0.2) is 0 Å². The van der Waals surface area contributed by atoms with Gasteiger partial charge in [0.15, 0.2) is 0 Å². The van der Waals surface area contributed by atoms with Gasteiger partial charge in [0.1, 0.15) is 5.75 Å². The molecule has 2 rings (SSSR count). The van der Waals surface area contributed by atoms with Gasteiger partial charge in [0.05, 0.1) is 12.1 Å². The molecule has 2 nitrogen and oxygen atoms in total. The maximum atomic E-state index is 6.05. The molecule has 0 spiro atoms. The Balaban J connectivity index is 2.58. The molecule has 0 bridgehead atoms. The smallest absolute Gasteiger partial charge is 0.138 e. The average Bonchev–Trinajstić information content (AvgIpc) is 2.60. The molecule has 0 unspecified atom stereocenters. The molecule has 2 N–H and O–H groups in total. The Labute approximate surface area is 97.6 Å². The molecule has 0 aliphatic heterocycles. The van der Waals surface area contributed by atoms with Crippen LogP contribution in [0.5, 0.6) is 5.75 Å². The van der Waals surface area contributed by atoms with E-state index in [1.165, 1.54) is 15.6 Å². The molecule has 1 aromatic carbocycles. The zero-order valence-electron chi connectivity index (χ0n) is 8.42. The van der Waals surface area contributed by atoms with E-state index < -0.39 is 0 Å². The molecule has 0 aliphatic rings. The van der Waals surface area contributed by atoms with Crippen LogP contribution in [0.2, 0.25) is 5.02 Å². The van der Waals surface area contributed by atoms with E-state index in [1.54, 1.807) is 18.4 Å². The van der Waals surface area contributed by atoms with Crippen LogP contribution in [-0.4, -0.2) is 13.7 Å². The number of hydrogen-bond acceptors (Lipinski definition) is 3. The fourth-order valence-corrected chi connectivity index (χ4v) is 2.91. The van der Waals surface area contributed by atoms with Crippen LogP contribution < -0.4 is 10.5 Å². The van der Waals surface area contributed by atoms with Crippen LogP contribution in [0.3, 0.4) is 0 Å². The van der Waals surface area contributed by atoms with Crippen LogP contribution in [0.4, 0.5) is 0 Å². The lowest BCUT2D eigenvalue weighted by atomic mass is 10.1. The van der Waals surface area contributed by atoms with Gasteiger partial charge in [0, 0.05) is 4.70 Å². The molecule has 0 atom stereocenters. The Bertz CT molecular complexity index is 481. The molecular formula is C11H12ClNOS. The third-order valence-corrected chi connectivity index (χ3v) is 3.63. The molecule has 1 heterocycles. The summed E-state index contributed by atoms with van der Waals surface area (Å²) in [4.78, 5) is 0. The summed E-state index contributed by atoms with van der Waals surface area (Å²) in [5.74, 6) is 0.723. The van der Waals surface area contributed by atoms with Gasteiger partial charge >= 0.3 is 0 Å². The van der Waals surface area contributed by atoms with Crippen molar-refractivity contribution in [3.63, 3.8) is 0 Å². The van der Waals surface area contributed by atoms with Crippen LogP contribution >= 0.6 is 22.9 Å². The third kappa shape index (κ3) is 1.95. The Morgan fingerprint density at radius 2 is 2.27 bits per heavy atom. The number of benzene rings is 1. The van der Waals surface area contributed by atoms with Gasteiger partial charge in [0.2, 0.25) is 0 Å². The van der Waals surface area contributed by atoms with Crippen molar-refractivity contribution in [3.05, 3.63) is 28.1 Å². The standard InChI is InChI=1S/C11H12ClNOS/c1-14-10-4-8-7(2-3-13)6-15-11(8)5-9(10)12/h4-6H,2-3,13H2,1H3. The van der Waals surface area contributed by atoms with E-state index in [1.807, 2.05) is 12.1 Å². The van der Waals surface area contributed by atoms with Gasteiger partial charge in [-0.1, -0.05) is 11.6 Å². The molecule has 0 aliphatic carbocycles. The molecule has 80 valence electrons. The van der Waals surface area contributed by atoms with Crippen molar-refractivity contribution in [1.29, 1.82) is 0 Å².